The van der Waals surface area contributed by atoms with Crippen molar-refractivity contribution in [3.05, 3.63) is 0 Å². The normalized spacial score (nSPS) is 34.2. The average molecular weight is 253 g/mol. The molecule has 3 atom stereocenters. The fourth-order valence-corrected chi connectivity index (χ4v) is 3.71. The van der Waals surface area contributed by atoms with Crippen LogP contribution in [-0.4, -0.2) is 36.6 Å². The second-order valence-electron chi connectivity index (χ2n) is 5.87. The maximum atomic E-state index is 11.9. The van der Waals surface area contributed by atoms with E-state index in [1.165, 1.54) is 52.1 Å². The average Bonchev–Trinajstić information content (AvgIpc) is 2.46. The van der Waals surface area contributed by atoms with Crippen LogP contribution in [0.2, 0.25) is 0 Å². The Bertz CT molecular complexity index is 280. The standard InChI is InChI=1S/C15H27NO2/c1-3-12-7-6-8-13(11-12)16-10-5-4-9-14(16)15(17)18-2/h12-14H,3-11H2,1-2H3/t12?,13?,14-/m1/s1. The minimum absolute atomic E-state index is 0.0201. The van der Waals surface area contributed by atoms with Crippen LogP contribution >= 0.6 is 0 Å². The summed E-state index contributed by atoms with van der Waals surface area (Å²) in [4.78, 5) is 14.4. The zero-order valence-corrected chi connectivity index (χ0v) is 11.9. The molecule has 18 heavy (non-hydrogen) atoms. The molecule has 2 aliphatic rings. The van der Waals surface area contributed by atoms with Gasteiger partial charge in [0.2, 0.25) is 0 Å². The van der Waals surface area contributed by atoms with E-state index in [0.717, 1.165) is 18.9 Å². The van der Waals surface area contributed by atoms with Gasteiger partial charge in [-0.2, -0.15) is 0 Å². The number of nitrogens with zero attached hydrogens (tertiary/aromatic N) is 1. The van der Waals surface area contributed by atoms with E-state index in [1.54, 1.807) is 0 Å². The minimum Gasteiger partial charge on any atom is -0.468 e. The van der Waals surface area contributed by atoms with E-state index >= 15 is 0 Å². The Morgan fingerprint density at radius 3 is 2.78 bits per heavy atom. The Labute approximate surface area is 111 Å². The first kappa shape index (κ1) is 13.9. The Kier molecular flexibility index (Phi) is 5.04. The largest absolute Gasteiger partial charge is 0.468 e. The van der Waals surface area contributed by atoms with Gasteiger partial charge in [0.1, 0.15) is 6.04 Å². The summed E-state index contributed by atoms with van der Waals surface area (Å²) in [5.74, 6) is 0.845. The number of esters is 1. The first-order valence-corrected chi connectivity index (χ1v) is 7.59. The number of ether oxygens (including phenoxy) is 1. The molecule has 1 saturated heterocycles. The van der Waals surface area contributed by atoms with Crippen molar-refractivity contribution in [2.45, 2.75) is 70.4 Å². The van der Waals surface area contributed by atoms with Crippen molar-refractivity contribution in [1.82, 2.24) is 4.90 Å². The van der Waals surface area contributed by atoms with Gasteiger partial charge in [0.25, 0.3) is 0 Å². The third-order valence-electron chi connectivity index (χ3n) is 4.82. The molecule has 2 unspecified atom stereocenters. The Hall–Kier alpha value is -0.570. The summed E-state index contributed by atoms with van der Waals surface area (Å²) in [6.45, 7) is 3.38. The molecule has 3 nitrogen and oxygen atoms in total. The van der Waals surface area contributed by atoms with Gasteiger partial charge in [-0.25, -0.2) is 0 Å². The molecule has 3 heteroatoms. The summed E-state index contributed by atoms with van der Waals surface area (Å²) >= 11 is 0. The van der Waals surface area contributed by atoms with Crippen LogP contribution in [0.4, 0.5) is 0 Å². The Balaban J connectivity index is 2.01. The molecule has 0 aromatic heterocycles. The molecule has 0 aromatic rings. The zero-order valence-electron chi connectivity index (χ0n) is 11.9. The maximum Gasteiger partial charge on any atom is 0.323 e. The van der Waals surface area contributed by atoms with E-state index in [1.807, 2.05) is 0 Å². The number of hydrogen-bond donors (Lipinski definition) is 0. The molecule has 0 N–H and O–H groups in total. The molecule has 1 saturated carbocycles. The van der Waals surface area contributed by atoms with Crippen LogP contribution in [-0.2, 0) is 9.53 Å². The van der Waals surface area contributed by atoms with Gasteiger partial charge >= 0.3 is 5.97 Å². The highest BCUT2D eigenvalue weighted by atomic mass is 16.5. The molecule has 0 spiro atoms. The number of carbonyl (C=O) groups excluding carboxylic acids is 1. The number of rotatable bonds is 3. The molecule has 0 radical (unpaired) electrons. The van der Waals surface area contributed by atoms with Crippen molar-refractivity contribution in [3.8, 4) is 0 Å². The van der Waals surface area contributed by atoms with Crippen LogP contribution in [0.15, 0.2) is 0 Å². The molecule has 104 valence electrons. The molecule has 1 aliphatic carbocycles. The molecule has 0 bridgehead atoms. The molecule has 2 fully saturated rings. The molecule has 0 aromatic carbocycles. The van der Waals surface area contributed by atoms with Gasteiger partial charge in [-0.05, 0) is 38.1 Å². The quantitative estimate of drug-likeness (QED) is 0.724. The summed E-state index contributed by atoms with van der Waals surface area (Å²) < 4.78 is 4.98. The summed E-state index contributed by atoms with van der Waals surface area (Å²) in [5.41, 5.74) is 0. The van der Waals surface area contributed by atoms with E-state index in [2.05, 4.69) is 11.8 Å². The lowest BCUT2D eigenvalue weighted by Crippen LogP contribution is -2.51. The van der Waals surface area contributed by atoms with Crippen LogP contribution in [0, 0.1) is 5.92 Å². The maximum absolute atomic E-state index is 11.9. The number of hydrogen-bond acceptors (Lipinski definition) is 3. The van der Waals surface area contributed by atoms with E-state index in [-0.39, 0.29) is 12.0 Å². The second kappa shape index (κ2) is 6.55. The minimum atomic E-state index is -0.0201. The fraction of sp³-hybridized carbons (Fsp3) is 0.933. The SMILES string of the molecule is CCC1CCCC(N2CCCC[C@@H]2C(=O)OC)C1. The molecule has 0 amide bonds. The van der Waals surface area contributed by atoms with Crippen molar-refractivity contribution in [2.75, 3.05) is 13.7 Å². The summed E-state index contributed by atoms with van der Waals surface area (Å²) in [6.07, 6.45) is 9.93. The summed E-state index contributed by atoms with van der Waals surface area (Å²) in [7, 11) is 1.52. The van der Waals surface area contributed by atoms with Gasteiger partial charge in [-0.3, -0.25) is 9.69 Å². The Morgan fingerprint density at radius 2 is 2.06 bits per heavy atom. The smallest absolute Gasteiger partial charge is 0.323 e. The van der Waals surface area contributed by atoms with E-state index in [4.69, 9.17) is 4.74 Å². The van der Waals surface area contributed by atoms with Gasteiger partial charge in [0, 0.05) is 6.04 Å². The first-order valence-electron chi connectivity index (χ1n) is 7.59. The molecule has 1 aliphatic heterocycles. The van der Waals surface area contributed by atoms with Crippen LogP contribution in [0.1, 0.15) is 58.3 Å². The predicted molar refractivity (Wildman–Crippen MR) is 72.4 cm³/mol. The van der Waals surface area contributed by atoms with Crippen LogP contribution in [0.25, 0.3) is 0 Å². The molecular weight excluding hydrogens is 226 g/mol. The van der Waals surface area contributed by atoms with Crippen molar-refractivity contribution < 1.29 is 9.53 Å². The van der Waals surface area contributed by atoms with Crippen molar-refractivity contribution in [3.63, 3.8) is 0 Å². The first-order chi connectivity index (χ1) is 8.76. The van der Waals surface area contributed by atoms with Gasteiger partial charge in [0.05, 0.1) is 7.11 Å². The van der Waals surface area contributed by atoms with E-state index in [9.17, 15) is 4.79 Å². The number of methoxy groups -OCH3 is 1. The molecule has 1 heterocycles. The van der Waals surface area contributed by atoms with E-state index < -0.39 is 0 Å². The zero-order chi connectivity index (χ0) is 13.0. The number of piperidine rings is 1. The highest BCUT2D eigenvalue weighted by Crippen LogP contribution is 2.33. The van der Waals surface area contributed by atoms with Gasteiger partial charge in [0.15, 0.2) is 0 Å². The summed E-state index contributed by atoms with van der Waals surface area (Å²) in [5, 5.41) is 0. The second-order valence-corrected chi connectivity index (χ2v) is 5.87. The number of carbonyl (C=O) groups is 1. The van der Waals surface area contributed by atoms with Crippen molar-refractivity contribution >= 4 is 5.97 Å². The lowest BCUT2D eigenvalue weighted by atomic mass is 9.82. The van der Waals surface area contributed by atoms with Gasteiger partial charge < -0.3 is 4.74 Å². The lowest BCUT2D eigenvalue weighted by molar-refractivity contribution is -0.150. The predicted octanol–water partition coefficient (Wildman–Crippen LogP) is 2.98. The van der Waals surface area contributed by atoms with Crippen LogP contribution < -0.4 is 0 Å². The lowest BCUT2D eigenvalue weighted by Gasteiger charge is -2.43. The molecule has 2 rings (SSSR count). The highest BCUT2D eigenvalue weighted by Gasteiger charge is 2.36. The topological polar surface area (TPSA) is 29.5 Å². The van der Waals surface area contributed by atoms with Crippen molar-refractivity contribution in [1.29, 1.82) is 0 Å². The third kappa shape index (κ3) is 3.05. The van der Waals surface area contributed by atoms with Crippen molar-refractivity contribution in [2.24, 2.45) is 5.92 Å². The van der Waals surface area contributed by atoms with Gasteiger partial charge in [-0.15, -0.1) is 0 Å². The highest BCUT2D eigenvalue weighted by molar-refractivity contribution is 5.75. The monoisotopic (exact) mass is 253 g/mol. The summed E-state index contributed by atoms with van der Waals surface area (Å²) in [6, 6.07) is 0.650. The van der Waals surface area contributed by atoms with Gasteiger partial charge in [-0.1, -0.05) is 32.6 Å². The Morgan fingerprint density at radius 1 is 1.22 bits per heavy atom. The van der Waals surface area contributed by atoms with Crippen LogP contribution in [0.3, 0.4) is 0 Å². The number of likely N-dealkylation sites (tertiary alicyclic amines) is 1. The van der Waals surface area contributed by atoms with Crippen LogP contribution in [0.5, 0.6) is 0 Å². The fourth-order valence-electron chi connectivity index (χ4n) is 3.71. The molecular formula is C15H27NO2. The van der Waals surface area contributed by atoms with E-state index in [0.29, 0.717) is 6.04 Å². The third-order valence-corrected chi connectivity index (χ3v) is 4.82.